The number of halogens is 2. The topological polar surface area (TPSA) is 50.5 Å². The van der Waals surface area contributed by atoms with Crippen LogP contribution in [0.3, 0.4) is 0 Å². The Morgan fingerprint density at radius 1 is 0.964 bits per heavy atom. The summed E-state index contributed by atoms with van der Waals surface area (Å²) in [4.78, 5) is 27.7. The van der Waals surface area contributed by atoms with E-state index >= 15 is 0 Å². The maximum atomic E-state index is 13.4. The maximum Gasteiger partial charge on any atom is 0.272 e. The van der Waals surface area contributed by atoms with Gasteiger partial charge in [0.05, 0.1) is 28.2 Å². The fraction of sp³-hybridized carbons (Fsp3) is 0.0476. The highest BCUT2D eigenvalue weighted by molar-refractivity contribution is 9.10. The van der Waals surface area contributed by atoms with E-state index < -0.39 is 17.6 Å². The van der Waals surface area contributed by atoms with Gasteiger partial charge in [0, 0.05) is 4.47 Å². The van der Waals surface area contributed by atoms with Crippen molar-refractivity contribution >= 4 is 50.8 Å². The molecule has 7 heteroatoms. The molecular weight excluding hydrogens is 445 g/mol. The molecule has 28 heavy (non-hydrogen) atoms. The molecule has 4 nitrogen and oxygen atoms in total. The first-order valence-corrected chi connectivity index (χ1v) is 10.1. The lowest BCUT2D eigenvalue weighted by atomic mass is 10.1. The molecule has 0 saturated carbocycles. The molecule has 0 fully saturated rings. The fourth-order valence-electron chi connectivity index (χ4n) is 2.88. The Bertz CT molecular complexity index is 1060. The largest absolute Gasteiger partial charge is 0.468 e. The van der Waals surface area contributed by atoms with Crippen molar-refractivity contribution in [3.05, 3.63) is 93.4 Å². The van der Waals surface area contributed by atoms with Crippen LogP contribution in [0.2, 0.25) is 0 Å². The van der Waals surface area contributed by atoms with E-state index in [1.807, 2.05) is 0 Å². The highest BCUT2D eigenvalue weighted by atomic mass is 79.9. The first-order chi connectivity index (χ1) is 13.5. The zero-order valence-corrected chi connectivity index (χ0v) is 16.8. The molecule has 1 aromatic heterocycles. The van der Waals surface area contributed by atoms with Crippen LogP contribution in [-0.4, -0.2) is 11.8 Å². The number of amides is 2. The van der Waals surface area contributed by atoms with E-state index in [0.717, 1.165) is 9.37 Å². The van der Waals surface area contributed by atoms with Crippen molar-refractivity contribution in [3.63, 3.8) is 0 Å². The standard InChI is InChI=1S/C21H13BrFNO3S/c22-14-5-9-16(10-6-14)24-20(25)18(13-3-7-15(23)8-4-13)19(21(24)26)28-12-17-2-1-11-27-17/h1-11H,12H2. The van der Waals surface area contributed by atoms with Crippen LogP contribution < -0.4 is 4.90 Å². The molecule has 0 radical (unpaired) electrons. The Kier molecular flexibility index (Phi) is 5.19. The summed E-state index contributed by atoms with van der Waals surface area (Å²) in [5, 5.41) is 0. The van der Waals surface area contributed by atoms with Crippen molar-refractivity contribution in [1.29, 1.82) is 0 Å². The van der Waals surface area contributed by atoms with Crippen LogP contribution in [0.1, 0.15) is 11.3 Å². The van der Waals surface area contributed by atoms with Gasteiger partial charge < -0.3 is 4.42 Å². The third-order valence-electron chi connectivity index (χ3n) is 4.20. The summed E-state index contributed by atoms with van der Waals surface area (Å²) in [7, 11) is 0. The molecule has 0 bridgehead atoms. The van der Waals surface area contributed by atoms with Gasteiger partial charge in [-0.2, -0.15) is 0 Å². The van der Waals surface area contributed by atoms with Gasteiger partial charge in [-0.1, -0.05) is 28.1 Å². The van der Waals surface area contributed by atoms with Gasteiger partial charge in [-0.15, -0.1) is 11.8 Å². The van der Waals surface area contributed by atoms with Gasteiger partial charge in [0.1, 0.15) is 11.6 Å². The smallest absolute Gasteiger partial charge is 0.272 e. The highest BCUT2D eigenvalue weighted by Gasteiger charge is 2.40. The fourth-order valence-corrected chi connectivity index (χ4v) is 4.16. The summed E-state index contributed by atoms with van der Waals surface area (Å²) >= 11 is 4.58. The first kappa shape index (κ1) is 18.7. The second-order valence-electron chi connectivity index (χ2n) is 6.00. The third kappa shape index (κ3) is 3.55. The second kappa shape index (κ2) is 7.77. The minimum absolute atomic E-state index is 0.268. The number of thioether (sulfide) groups is 1. The van der Waals surface area contributed by atoms with E-state index in [4.69, 9.17) is 4.42 Å². The Hall–Kier alpha value is -2.64. The van der Waals surface area contributed by atoms with Crippen LogP contribution in [0.25, 0.3) is 5.57 Å². The SMILES string of the molecule is O=C1C(SCc2ccco2)=C(c2ccc(F)cc2)C(=O)N1c1ccc(Br)cc1. The number of carbonyl (C=O) groups excluding carboxylic acids is 2. The molecule has 2 aromatic carbocycles. The molecule has 1 aliphatic rings. The Morgan fingerprint density at radius 3 is 2.32 bits per heavy atom. The van der Waals surface area contributed by atoms with E-state index in [1.54, 1.807) is 42.7 Å². The summed E-state index contributed by atoms with van der Waals surface area (Å²) in [5.74, 6) is -0.140. The van der Waals surface area contributed by atoms with Gasteiger partial charge in [-0.3, -0.25) is 9.59 Å². The highest BCUT2D eigenvalue weighted by Crippen LogP contribution is 2.39. The zero-order valence-electron chi connectivity index (χ0n) is 14.4. The minimum atomic E-state index is -0.430. The number of hydrogen-bond acceptors (Lipinski definition) is 4. The Balaban J connectivity index is 1.74. The molecule has 4 rings (SSSR count). The molecule has 2 heterocycles. The normalized spacial score (nSPS) is 14.3. The second-order valence-corrected chi connectivity index (χ2v) is 7.90. The van der Waals surface area contributed by atoms with E-state index in [9.17, 15) is 14.0 Å². The van der Waals surface area contributed by atoms with Gasteiger partial charge in [-0.25, -0.2) is 9.29 Å². The average Bonchev–Trinajstić information content (AvgIpc) is 3.28. The van der Waals surface area contributed by atoms with Gasteiger partial charge in [0.25, 0.3) is 11.8 Å². The van der Waals surface area contributed by atoms with Gasteiger partial charge in [-0.05, 0) is 54.1 Å². The van der Waals surface area contributed by atoms with E-state index in [0.29, 0.717) is 27.7 Å². The van der Waals surface area contributed by atoms with Gasteiger partial charge in [0.15, 0.2) is 0 Å². The molecule has 140 valence electrons. The predicted octanol–water partition coefficient (Wildman–Crippen LogP) is 5.40. The van der Waals surface area contributed by atoms with E-state index in [1.165, 1.54) is 36.0 Å². The van der Waals surface area contributed by atoms with Crippen molar-refractivity contribution in [3.8, 4) is 0 Å². The first-order valence-electron chi connectivity index (χ1n) is 8.34. The van der Waals surface area contributed by atoms with Crippen LogP contribution in [-0.2, 0) is 15.3 Å². The van der Waals surface area contributed by atoms with Crippen molar-refractivity contribution in [2.24, 2.45) is 0 Å². The number of hydrogen-bond donors (Lipinski definition) is 0. The number of anilines is 1. The van der Waals surface area contributed by atoms with Crippen molar-refractivity contribution in [1.82, 2.24) is 0 Å². The average molecular weight is 458 g/mol. The molecule has 2 amide bonds. The molecule has 1 aliphatic heterocycles. The number of furan rings is 1. The summed E-state index contributed by atoms with van der Waals surface area (Å²) in [6, 6.07) is 16.1. The van der Waals surface area contributed by atoms with Gasteiger partial charge in [0.2, 0.25) is 0 Å². The summed E-state index contributed by atoms with van der Waals surface area (Å²) in [6.45, 7) is 0. The maximum absolute atomic E-state index is 13.4. The lowest BCUT2D eigenvalue weighted by Gasteiger charge is -2.15. The van der Waals surface area contributed by atoms with Crippen LogP contribution >= 0.6 is 27.7 Å². The van der Waals surface area contributed by atoms with E-state index in [-0.39, 0.29) is 5.57 Å². The van der Waals surface area contributed by atoms with Crippen molar-refractivity contribution in [2.75, 3.05) is 4.90 Å². The molecule has 0 unspecified atom stereocenters. The molecule has 0 atom stereocenters. The summed E-state index contributed by atoms with van der Waals surface area (Å²) in [6.07, 6.45) is 1.56. The molecule has 3 aromatic rings. The number of carbonyl (C=O) groups is 2. The molecule has 0 aliphatic carbocycles. The monoisotopic (exact) mass is 457 g/mol. The van der Waals surface area contributed by atoms with Crippen molar-refractivity contribution < 1.29 is 18.4 Å². The minimum Gasteiger partial charge on any atom is -0.468 e. The lowest BCUT2D eigenvalue weighted by Crippen LogP contribution is -2.31. The summed E-state index contributed by atoms with van der Waals surface area (Å²) in [5.41, 5.74) is 1.25. The molecule has 0 saturated heterocycles. The molecule has 0 N–H and O–H groups in total. The van der Waals surface area contributed by atoms with Crippen molar-refractivity contribution in [2.45, 2.75) is 5.75 Å². The van der Waals surface area contributed by atoms with Crippen LogP contribution in [0.4, 0.5) is 10.1 Å². The number of rotatable bonds is 5. The molecule has 0 spiro atoms. The van der Waals surface area contributed by atoms with Gasteiger partial charge >= 0.3 is 0 Å². The third-order valence-corrected chi connectivity index (χ3v) is 5.82. The number of benzene rings is 2. The van der Waals surface area contributed by atoms with Crippen LogP contribution in [0, 0.1) is 5.82 Å². The molecular formula is C21H13BrFNO3S. The summed E-state index contributed by atoms with van der Waals surface area (Å²) < 4.78 is 19.5. The Morgan fingerprint density at radius 2 is 1.68 bits per heavy atom. The lowest BCUT2D eigenvalue weighted by molar-refractivity contribution is -0.119. The van der Waals surface area contributed by atoms with E-state index in [2.05, 4.69) is 15.9 Å². The number of nitrogens with zero attached hydrogens (tertiary/aromatic N) is 1. The quantitative estimate of drug-likeness (QED) is 0.481. The Labute approximate surface area is 173 Å². The zero-order chi connectivity index (χ0) is 19.7. The van der Waals surface area contributed by atoms with Crippen LogP contribution in [0.5, 0.6) is 0 Å². The number of imide groups is 1. The predicted molar refractivity (Wildman–Crippen MR) is 110 cm³/mol. The van der Waals surface area contributed by atoms with Crippen LogP contribution in [0.15, 0.2) is 80.7 Å².